The number of carbonyl (C=O) groups is 1. The van der Waals surface area contributed by atoms with Crippen LogP contribution in [0.25, 0.3) is 0 Å². The molecular formula is C22H23BrN4O2. The van der Waals surface area contributed by atoms with E-state index >= 15 is 0 Å². The molecular weight excluding hydrogens is 432 g/mol. The molecule has 0 fully saturated rings. The van der Waals surface area contributed by atoms with Gasteiger partial charge in [0.1, 0.15) is 18.2 Å². The van der Waals surface area contributed by atoms with Crippen LogP contribution in [-0.4, -0.2) is 20.7 Å². The lowest BCUT2D eigenvalue weighted by Gasteiger charge is -2.13. The van der Waals surface area contributed by atoms with Crippen molar-refractivity contribution >= 4 is 21.8 Å². The van der Waals surface area contributed by atoms with Crippen LogP contribution in [0.1, 0.15) is 46.8 Å². The van der Waals surface area contributed by atoms with Crippen LogP contribution in [0, 0.1) is 0 Å². The van der Waals surface area contributed by atoms with Gasteiger partial charge in [-0.05, 0) is 31.0 Å². The summed E-state index contributed by atoms with van der Waals surface area (Å²) < 4.78 is 9.07. The number of nitrogens with one attached hydrogen (secondary N) is 1. The Labute approximate surface area is 178 Å². The summed E-state index contributed by atoms with van der Waals surface area (Å²) >= 11 is 3.53. The van der Waals surface area contributed by atoms with E-state index in [4.69, 9.17) is 4.74 Å². The van der Waals surface area contributed by atoms with Crippen molar-refractivity contribution in [1.82, 2.24) is 20.1 Å². The van der Waals surface area contributed by atoms with E-state index in [2.05, 4.69) is 36.0 Å². The molecule has 2 aromatic carbocycles. The van der Waals surface area contributed by atoms with Gasteiger partial charge < -0.3 is 14.6 Å². The predicted octanol–water partition coefficient (Wildman–Crippen LogP) is 4.28. The molecule has 1 amide bonds. The van der Waals surface area contributed by atoms with Crippen molar-refractivity contribution in [3.05, 3.63) is 75.8 Å². The van der Waals surface area contributed by atoms with E-state index < -0.39 is 0 Å². The average molecular weight is 455 g/mol. The molecule has 6 nitrogen and oxygen atoms in total. The Kier molecular flexibility index (Phi) is 6.24. The zero-order valence-corrected chi connectivity index (χ0v) is 17.7. The fourth-order valence-corrected chi connectivity index (χ4v) is 3.88. The first-order chi connectivity index (χ1) is 14.2. The molecule has 29 heavy (non-hydrogen) atoms. The van der Waals surface area contributed by atoms with Crippen molar-refractivity contribution in [2.45, 2.75) is 45.4 Å². The van der Waals surface area contributed by atoms with Crippen LogP contribution in [0.2, 0.25) is 0 Å². The molecule has 0 spiro atoms. The topological polar surface area (TPSA) is 69.0 Å². The fraction of sp³-hybridized carbons (Fsp3) is 0.318. The van der Waals surface area contributed by atoms with Gasteiger partial charge in [0.25, 0.3) is 5.91 Å². The Balaban J connectivity index is 1.43. The van der Waals surface area contributed by atoms with Crippen molar-refractivity contribution in [3.63, 3.8) is 0 Å². The van der Waals surface area contributed by atoms with Gasteiger partial charge in [-0.3, -0.25) is 4.79 Å². The standard InChI is InChI=1S/C22H23BrN4O2/c23-18-10-5-3-8-16(18)15-29-19-11-6-4-9-17(19)22(28)24-14-21-26-25-20-12-2-1-7-13-27(20)21/h3-6,8-11H,1-2,7,12-15H2,(H,24,28). The molecule has 0 bridgehead atoms. The highest BCUT2D eigenvalue weighted by atomic mass is 79.9. The summed E-state index contributed by atoms with van der Waals surface area (Å²) in [6.45, 7) is 1.65. The minimum absolute atomic E-state index is 0.182. The third kappa shape index (κ3) is 4.67. The van der Waals surface area contributed by atoms with Gasteiger partial charge in [-0.2, -0.15) is 0 Å². The Hall–Kier alpha value is -2.67. The molecule has 1 aliphatic heterocycles. The van der Waals surface area contributed by atoms with E-state index in [0.717, 1.165) is 47.5 Å². The van der Waals surface area contributed by atoms with Gasteiger partial charge in [0.15, 0.2) is 5.82 Å². The van der Waals surface area contributed by atoms with Crippen LogP contribution in [0.5, 0.6) is 5.75 Å². The summed E-state index contributed by atoms with van der Waals surface area (Å²) in [6.07, 6.45) is 4.43. The number of amides is 1. The SMILES string of the molecule is O=C(NCc1nnc2n1CCCCC2)c1ccccc1OCc1ccccc1Br. The fourth-order valence-electron chi connectivity index (χ4n) is 3.48. The van der Waals surface area contributed by atoms with Crippen LogP contribution in [0.15, 0.2) is 53.0 Å². The smallest absolute Gasteiger partial charge is 0.255 e. The molecule has 0 saturated carbocycles. The molecule has 1 N–H and O–H groups in total. The molecule has 1 aliphatic rings. The van der Waals surface area contributed by atoms with Crippen molar-refractivity contribution in [2.75, 3.05) is 0 Å². The largest absolute Gasteiger partial charge is 0.488 e. The highest BCUT2D eigenvalue weighted by Gasteiger charge is 2.17. The maximum absolute atomic E-state index is 12.8. The lowest BCUT2D eigenvalue weighted by Crippen LogP contribution is -2.25. The Morgan fingerprint density at radius 2 is 1.90 bits per heavy atom. The molecule has 150 valence electrons. The monoisotopic (exact) mass is 454 g/mol. The van der Waals surface area contributed by atoms with E-state index in [1.807, 2.05) is 42.5 Å². The van der Waals surface area contributed by atoms with E-state index in [-0.39, 0.29) is 5.91 Å². The van der Waals surface area contributed by atoms with Crippen LogP contribution in [0.4, 0.5) is 0 Å². The number of rotatable bonds is 6. The quantitative estimate of drug-likeness (QED) is 0.603. The Morgan fingerprint density at radius 1 is 1.07 bits per heavy atom. The van der Waals surface area contributed by atoms with Crippen molar-refractivity contribution in [1.29, 1.82) is 0 Å². The first-order valence-electron chi connectivity index (χ1n) is 9.87. The van der Waals surface area contributed by atoms with Crippen molar-refractivity contribution < 1.29 is 9.53 Å². The van der Waals surface area contributed by atoms with Gasteiger partial charge in [0, 0.05) is 23.0 Å². The van der Waals surface area contributed by atoms with E-state index in [1.54, 1.807) is 6.07 Å². The second-order valence-electron chi connectivity index (χ2n) is 7.05. The number of ether oxygens (including phenoxy) is 1. The van der Waals surface area contributed by atoms with Gasteiger partial charge >= 0.3 is 0 Å². The summed E-state index contributed by atoms with van der Waals surface area (Å²) in [5, 5.41) is 11.5. The molecule has 3 aromatic rings. The zero-order valence-electron chi connectivity index (χ0n) is 16.1. The number of hydrogen-bond acceptors (Lipinski definition) is 4. The number of aryl methyl sites for hydroxylation is 1. The molecule has 0 unspecified atom stereocenters. The third-order valence-corrected chi connectivity index (χ3v) is 5.84. The Morgan fingerprint density at radius 3 is 2.79 bits per heavy atom. The van der Waals surface area contributed by atoms with Crippen molar-refractivity contribution in [2.24, 2.45) is 0 Å². The number of fused-ring (bicyclic) bond motifs is 1. The number of hydrogen-bond donors (Lipinski definition) is 1. The maximum atomic E-state index is 12.8. The second kappa shape index (κ2) is 9.22. The van der Waals surface area contributed by atoms with Gasteiger partial charge in [-0.25, -0.2) is 0 Å². The van der Waals surface area contributed by atoms with Crippen LogP contribution in [-0.2, 0) is 26.1 Å². The van der Waals surface area contributed by atoms with Gasteiger partial charge in [0.05, 0.1) is 12.1 Å². The number of nitrogens with zero attached hydrogens (tertiary/aromatic N) is 3. The molecule has 0 aliphatic carbocycles. The molecule has 2 heterocycles. The molecule has 1 aromatic heterocycles. The molecule has 0 radical (unpaired) electrons. The highest BCUT2D eigenvalue weighted by molar-refractivity contribution is 9.10. The van der Waals surface area contributed by atoms with Crippen LogP contribution in [0.3, 0.4) is 0 Å². The summed E-state index contributed by atoms with van der Waals surface area (Å²) in [5.74, 6) is 2.20. The maximum Gasteiger partial charge on any atom is 0.255 e. The molecule has 0 saturated heterocycles. The van der Waals surface area contributed by atoms with E-state index in [0.29, 0.717) is 24.5 Å². The molecule has 7 heteroatoms. The zero-order chi connectivity index (χ0) is 20.1. The number of halogens is 1. The first-order valence-corrected chi connectivity index (χ1v) is 10.7. The minimum atomic E-state index is -0.182. The van der Waals surface area contributed by atoms with Gasteiger partial charge in [-0.1, -0.05) is 52.7 Å². The lowest BCUT2D eigenvalue weighted by atomic mass is 10.2. The summed E-state index contributed by atoms with van der Waals surface area (Å²) in [4.78, 5) is 12.8. The molecule has 0 atom stereocenters. The van der Waals surface area contributed by atoms with Crippen LogP contribution < -0.4 is 10.1 Å². The summed E-state index contributed by atoms with van der Waals surface area (Å²) in [5.41, 5.74) is 1.53. The predicted molar refractivity (Wildman–Crippen MR) is 114 cm³/mol. The normalized spacial score (nSPS) is 13.4. The lowest BCUT2D eigenvalue weighted by molar-refractivity contribution is 0.0945. The van der Waals surface area contributed by atoms with Crippen LogP contribution >= 0.6 is 15.9 Å². The van der Waals surface area contributed by atoms with Gasteiger partial charge in [-0.15, -0.1) is 10.2 Å². The number of aromatic nitrogens is 3. The van der Waals surface area contributed by atoms with Crippen molar-refractivity contribution in [3.8, 4) is 5.75 Å². The number of para-hydroxylation sites is 1. The Bertz CT molecular complexity index is 1000. The average Bonchev–Trinajstić information content (AvgIpc) is 2.97. The third-order valence-electron chi connectivity index (χ3n) is 5.07. The van der Waals surface area contributed by atoms with Gasteiger partial charge in [0.2, 0.25) is 0 Å². The first kappa shape index (κ1) is 19.6. The van der Waals surface area contributed by atoms with E-state index in [9.17, 15) is 4.79 Å². The minimum Gasteiger partial charge on any atom is -0.488 e. The number of carbonyl (C=O) groups excluding carboxylic acids is 1. The second-order valence-corrected chi connectivity index (χ2v) is 7.91. The summed E-state index contributed by atoms with van der Waals surface area (Å²) in [6, 6.07) is 15.2. The highest BCUT2D eigenvalue weighted by Crippen LogP contribution is 2.22. The molecule has 4 rings (SSSR count). The summed E-state index contributed by atoms with van der Waals surface area (Å²) in [7, 11) is 0. The number of benzene rings is 2. The van der Waals surface area contributed by atoms with E-state index in [1.165, 1.54) is 6.42 Å².